The van der Waals surface area contributed by atoms with Crippen LogP contribution >= 0.6 is 0 Å². The van der Waals surface area contributed by atoms with Crippen LogP contribution in [0.15, 0.2) is 24.3 Å². The van der Waals surface area contributed by atoms with E-state index in [4.69, 9.17) is 15.2 Å². The van der Waals surface area contributed by atoms with Gasteiger partial charge in [-0.25, -0.2) is 0 Å². The van der Waals surface area contributed by atoms with E-state index < -0.39 is 0 Å². The summed E-state index contributed by atoms with van der Waals surface area (Å²) in [6, 6.07) is 8.54. The summed E-state index contributed by atoms with van der Waals surface area (Å²) in [7, 11) is 4.90. The number of methoxy groups -OCH3 is 2. The van der Waals surface area contributed by atoms with Crippen molar-refractivity contribution in [3.8, 4) is 12.0 Å². The molecule has 0 saturated heterocycles. The fourth-order valence-electron chi connectivity index (χ4n) is 1.81. The Labute approximate surface area is 123 Å². The second-order valence-corrected chi connectivity index (χ2v) is 4.49. The zero-order chi connectivity index (χ0) is 15.2. The summed E-state index contributed by atoms with van der Waals surface area (Å²) in [5.74, 6) is 0.488. The lowest BCUT2D eigenvalue weighted by Gasteiger charge is -2.17. The predicted molar refractivity (Wildman–Crippen MR) is 79.4 cm³/mol. The van der Waals surface area contributed by atoms with Crippen LogP contribution in [-0.2, 0) is 13.1 Å². The maximum absolute atomic E-state index is 5.59. The molecule has 0 fully saturated rings. The molecule has 112 valence electrons. The molecule has 2 aromatic rings. The fourth-order valence-corrected chi connectivity index (χ4v) is 1.81. The molecule has 1 aromatic heterocycles. The van der Waals surface area contributed by atoms with Gasteiger partial charge in [0, 0.05) is 20.1 Å². The highest BCUT2D eigenvalue weighted by Gasteiger charge is 2.11. The van der Waals surface area contributed by atoms with E-state index in [1.165, 1.54) is 14.2 Å². The van der Waals surface area contributed by atoms with E-state index in [-0.39, 0.29) is 12.0 Å². The molecule has 0 aliphatic carbocycles. The number of hydrogen-bond donors (Lipinski definition) is 1. The molecule has 2 N–H and O–H groups in total. The summed E-state index contributed by atoms with van der Waals surface area (Å²) in [6.07, 6.45) is 0. The lowest BCUT2D eigenvalue weighted by atomic mass is 10.1. The minimum absolute atomic E-state index is 0.224. The number of aromatic nitrogens is 3. The van der Waals surface area contributed by atoms with Crippen LogP contribution in [0.3, 0.4) is 0 Å². The molecule has 2 rings (SSSR count). The SMILES string of the molecule is COc1nc(OC)nc(N(C)Cc2ccc(CN)cc2)n1. The molecular weight excluding hydrogens is 270 g/mol. The van der Waals surface area contributed by atoms with Crippen molar-refractivity contribution in [3.63, 3.8) is 0 Å². The minimum atomic E-state index is 0.224. The fraction of sp³-hybridized carbons (Fsp3) is 0.357. The van der Waals surface area contributed by atoms with Crippen LogP contribution in [0.5, 0.6) is 12.0 Å². The lowest BCUT2D eigenvalue weighted by molar-refractivity contribution is 0.340. The zero-order valence-corrected chi connectivity index (χ0v) is 12.4. The van der Waals surface area contributed by atoms with Crippen molar-refractivity contribution in [1.29, 1.82) is 0 Å². The van der Waals surface area contributed by atoms with Crippen molar-refractivity contribution < 1.29 is 9.47 Å². The van der Waals surface area contributed by atoms with E-state index in [1.807, 2.05) is 36.2 Å². The van der Waals surface area contributed by atoms with Gasteiger partial charge >= 0.3 is 12.0 Å². The predicted octanol–water partition coefficient (Wildman–Crippen LogP) is 0.984. The molecule has 0 bridgehead atoms. The molecule has 0 aliphatic heterocycles. The van der Waals surface area contributed by atoms with E-state index in [0.29, 0.717) is 19.0 Å². The van der Waals surface area contributed by atoms with Gasteiger partial charge in [-0.05, 0) is 11.1 Å². The van der Waals surface area contributed by atoms with Crippen molar-refractivity contribution in [2.24, 2.45) is 5.73 Å². The largest absolute Gasteiger partial charge is 0.467 e. The van der Waals surface area contributed by atoms with Crippen LogP contribution in [0.2, 0.25) is 0 Å². The first kappa shape index (κ1) is 15.0. The number of rotatable bonds is 6. The Morgan fingerprint density at radius 2 is 1.48 bits per heavy atom. The van der Waals surface area contributed by atoms with Gasteiger partial charge in [-0.15, -0.1) is 4.98 Å². The molecule has 0 radical (unpaired) electrons. The first-order valence-electron chi connectivity index (χ1n) is 6.49. The van der Waals surface area contributed by atoms with Crippen LogP contribution in [0.4, 0.5) is 5.95 Å². The van der Waals surface area contributed by atoms with Crippen LogP contribution < -0.4 is 20.1 Å². The van der Waals surface area contributed by atoms with E-state index in [0.717, 1.165) is 11.1 Å². The number of anilines is 1. The number of benzene rings is 1. The van der Waals surface area contributed by atoms with Gasteiger partial charge in [-0.2, -0.15) is 9.97 Å². The molecule has 1 heterocycles. The molecular formula is C14H19N5O2. The summed E-state index contributed by atoms with van der Waals surface area (Å²) in [6.45, 7) is 1.19. The molecule has 0 saturated carbocycles. The summed E-state index contributed by atoms with van der Waals surface area (Å²) < 4.78 is 10.1. The summed E-state index contributed by atoms with van der Waals surface area (Å²) >= 11 is 0. The maximum atomic E-state index is 5.59. The van der Waals surface area contributed by atoms with Crippen molar-refractivity contribution in [3.05, 3.63) is 35.4 Å². The normalized spacial score (nSPS) is 10.3. The van der Waals surface area contributed by atoms with E-state index in [1.54, 1.807) is 0 Å². The molecule has 7 nitrogen and oxygen atoms in total. The van der Waals surface area contributed by atoms with Crippen molar-refractivity contribution in [1.82, 2.24) is 15.0 Å². The molecule has 0 amide bonds. The second-order valence-electron chi connectivity index (χ2n) is 4.49. The van der Waals surface area contributed by atoms with Crippen LogP contribution in [0, 0.1) is 0 Å². The molecule has 0 atom stereocenters. The quantitative estimate of drug-likeness (QED) is 0.848. The third-order valence-electron chi connectivity index (χ3n) is 2.97. The van der Waals surface area contributed by atoms with E-state index >= 15 is 0 Å². The summed E-state index contributed by atoms with van der Waals surface area (Å²) in [4.78, 5) is 14.3. The van der Waals surface area contributed by atoms with Gasteiger partial charge in [-0.3, -0.25) is 0 Å². The molecule has 0 spiro atoms. The van der Waals surface area contributed by atoms with Crippen LogP contribution in [0.1, 0.15) is 11.1 Å². The first-order chi connectivity index (χ1) is 10.2. The number of hydrogen-bond acceptors (Lipinski definition) is 7. The third-order valence-corrected chi connectivity index (χ3v) is 2.97. The smallest absolute Gasteiger partial charge is 0.324 e. The molecule has 1 aromatic carbocycles. The molecule has 0 unspecified atom stereocenters. The molecule has 21 heavy (non-hydrogen) atoms. The van der Waals surface area contributed by atoms with Crippen molar-refractivity contribution in [2.45, 2.75) is 13.1 Å². The summed E-state index contributed by atoms with van der Waals surface area (Å²) in [5, 5.41) is 0. The Kier molecular flexibility index (Phi) is 4.89. The number of nitrogens with two attached hydrogens (primary N) is 1. The van der Waals surface area contributed by atoms with Gasteiger partial charge in [0.1, 0.15) is 0 Å². The number of ether oxygens (including phenoxy) is 2. The standard InChI is InChI=1S/C14H19N5O2/c1-19(9-11-6-4-10(8-15)5-7-11)12-16-13(20-2)18-14(17-12)21-3/h4-7H,8-9,15H2,1-3H3. The average molecular weight is 289 g/mol. The molecule has 0 aliphatic rings. The minimum Gasteiger partial charge on any atom is -0.467 e. The Morgan fingerprint density at radius 1 is 0.952 bits per heavy atom. The van der Waals surface area contributed by atoms with Crippen molar-refractivity contribution in [2.75, 3.05) is 26.2 Å². The van der Waals surface area contributed by atoms with Crippen LogP contribution in [0.25, 0.3) is 0 Å². The second kappa shape index (κ2) is 6.85. The van der Waals surface area contributed by atoms with Gasteiger partial charge in [0.2, 0.25) is 5.95 Å². The maximum Gasteiger partial charge on any atom is 0.324 e. The zero-order valence-electron chi connectivity index (χ0n) is 12.4. The topological polar surface area (TPSA) is 86.4 Å². The Balaban J connectivity index is 2.16. The third kappa shape index (κ3) is 3.79. The average Bonchev–Trinajstić information content (AvgIpc) is 2.54. The first-order valence-corrected chi connectivity index (χ1v) is 6.49. The van der Waals surface area contributed by atoms with Gasteiger partial charge in [0.05, 0.1) is 14.2 Å². The van der Waals surface area contributed by atoms with Gasteiger partial charge < -0.3 is 20.1 Å². The van der Waals surface area contributed by atoms with Gasteiger partial charge in [-0.1, -0.05) is 24.3 Å². The Morgan fingerprint density at radius 3 is 1.95 bits per heavy atom. The highest BCUT2D eigenvalue weighted by atomic mass is 16.5. The summed E-state index contributed by atoms with van der Waals surface area (Å²) in [5.41, 5.74) is 7.83. The van der Waals surface area contributed by atoms with Gasteiger partial charge in [0.15, 0.2) is 0 Å². The Hall–Kier alpha value is -2.41. The Bertz CT molecular complexity index is 566. The lowest BCUT2D eigenvalue weighted by Crippen LogP contribution is -2.20. The monoisotopic (exact) mass is 289 g/mol. The number of nitrogens with zero attached hydrogens (tertiary/aromatic N) is 4. The van der Waals surface area contributed by atoms with E-state index in [9.17, 15) is 0 Å². The van der Waals surface area contributed by atoms with E-state index in [2.05, 4.69) is 15.0 Å². The van der Waals surface area contributed by atoms with Crippen LogP contribution in [-0.4, -0.2) is 36.2 Å². The highest BCUT2D eigenvalue weighted by molar-refractivity contribution is 5.34. The molecule has 7 heteroatoms. The van der Waals surface area contributed by atoms with Gasteiger partial charge in [0.25, 0.3) is 0 Å². The highest BCUT2D eigenvalue weighted by Crippen LogP contribution is 2.17. The van der Waals surface area contributed by atoms with Crippen molar-refractivity contribution >= 4 is 5.95 Å².